The van der Waals surface area contributed by atoms with Gasteiger partial charge in [0.05, 0.1) is 30.2 Å². The molecule has 2 aromatic carbocycles. The van der Waals surface area contributed by atoms with Gasteiger partial charge in [-0.1, -0.05) is 23.7 Å². The predicted molar refractivity (Wildman–Crippen MR) is 110 cm³/mol. The molecule has 1 heterocycles. The quantitative estimate of drug-likeness (QED) is 0.503. The molecule has 3 aromatic rings. The summed E-state index contributed by atoms with van der Waals surface area (Å²) in [5, 5.41) is 16.2. The van der Waals surface area contributed by atoms with Crippen molar-refractivity contribution in [3.05, 3.63) is 64.8 Å². The average molecular weight is 413 g/mol. The van der Waals surface area contributed by atoms with E-state index in [0.29, 0.717) is 29.3 Å². The molecular formula is C21H21ClN4O3. The average Bonchev–Trinajstić information content (AvgIpc) is 3.12. The normalized spacial score (nSPS) is 15.6. The predicted octanol–water partition coefficient (Wildman–Crippen LogP) is 3.83. The molecule has 0 aliphatic heterocycles. The van der Waals surface area contributed by atoms with Gasteiger partial charge in [-0.3, -0.25) is 5.21 Å². The van der Waals surface area contributed by atoms with Gasteiger partial charge in [-0.15, -0.1) is 0 Å². The van der Waals surface area contributed by atoms with E-state index in [1.807, 2.05) is 53.2 Å². The van der Waals surface area contributed by atoms with E-state index < -0.39 is 6.03 Å². The molecule has 0 saturated carbocycles. The minimum Gasteiger partial charge on any atom is -0.497 e. The number of amides is 2. The number of carbonyl (C=O) groups is 1. The van der Waals surface area contributed by atoms with Crippen molar-refractivity contribution in [2.75, 3.05) is 7.11 Å². The molecule has 29 heavy (non-hydrogen) atoms. The number of urea groups is 1. The molecule has 0 bridgehead atoms. The molecule has 2 amide bonds. The fourth-order valence-electron chi connectivity index (χ4n) is 3.76. The number of aryl methyl sites for hydroxylation is 1. The SMILES string of the molecule is COc1ccc(-n2nc3c(c2-c2ccc(Cl)cc2)CC(N(O)C(N)=O)CC3)cc1. The molecule has 1 aromatic heterocycles. The van der Waals surface area contributed by atoms with Gasteiger partial charge in [0.2, 0.25) is 0 Å². The fraction of sp³-hybridized carbons (Fsp3) is 0.238. The molecule has 8 heteroatoms. The number of benzene rings is 2. The number of halogens is 1. The summed E-state index contributed by atoms with van der Waals surface area (Å²) in [5.41, 5.74) is 9.94. The van der Waals surface area contributed by atoms with Crippen molar-refractivity contribution in [3.63, 3.8) is 0 Å². The van der Waals surface area contributed by atoms with Crippen LogP contribution >= 0.6 is 11.6 Å². The van der Waals surface area contributed by atoms with Crippen LogP contribution in [0.25, 0.3) is 16.9 Å². The molecule has 7 nitrogen and oxygen atoms in total. The lowest BCUT2D eigenvalue weighted by atomic mass is 9.89. The maximum Gasteiger partial charge on any atom is 0.338 e. The zero-order valence-electron chi connectivity index (χ0n) is 15.9. The maximum atomic E-state index is 11.4. The number of hydrogen-bond donors (Lipinski definition) is 2. The minimum absolute atomic E-state index is 0.389. The van der Waals surface area contributed by atoms with Gasteiger partial charge in [-0.05, 0) is 55.7 Å². The van der Waals surface area contributed by atoms with Crippen LogP contribution in [0.4, 0.5) is 4.79 Å². The van der Waals surface area contributed by atoms with E-state index in [-0.39, 0.29) is 6.04 Å². The zero-order chi connectivity index (χ0) is 20.5. The van der Waals surface area contributed by atoms with Gasteiger partial charge in [-0.25, -0.2) is 14.5 Å². The first kappa shape index (κ1) is 19.3. The van der Waals surface area contributed by atoms with E-state index in [4.69, 9.17) is 27.2 Å². The molecule has 150 valence electrons. The van der Waals surface area contributed by atoms with E-state index in [9.17, 15) is 10.0 Å². The van der Waals surface area contributed by atoms with Gasteiger partial charge in [0, 0.05) is 16.1 Å². The number of ether oxygens (including phenoxy) is 1. The largest absolute Gasteiger partial charge is 0.497 e. The molecule has 0 spiro atoms. The Morgan fingerprint density at radius 3 is 2.55 bits per heavy atom. The van der Waals surface area contributed by atoms with Gasteiger partial charge in [0.25, 0.3) is 0 Å². The summed E-state index contributed by atoms with van der Waals surface area (Å²) < 4.78 is 7.15. The number of hydrogen-bond acceptors (Lipinski definition) is 4. The molecule has 1 aliphatic rings. The Labute approximate surface area is 173 Å². The lowest BCUT2D eigenvalue weighted by Crippen LogP contribution is -2.43. The van der Waals surface area contributed by atoms with Crippen LogP contribution in [0.3, 0.4) is 0 Å². The van der Waals surface area contributed by atoms with Crippen LogP contribution in [-0.2, 0) is 12.8 Å². The van der Waals surface area contributed by atoms with E-state index in [2.05, 4.69) is 0 Å². The highest BCUT2D eigenvalue weighted by Gasteiger charge is 2.31. The molecule has 1 atom stereocenters. The topological polar surface area (TPSA) is 93.6 Å². The van der Waals surface area contributed by atoms with Crippen LogP contribution in [0, 0.1) is 0 Å². The van der Waals surface area contributed by atoms with Crippen molar-refractivity contribution < 1.29 is 14.7 Å². The molecule has 0 saturated heterocycles. The Balaban J connectivity index is 1.84. The smallest absolute Gasteiger partial charge is 0.338 e. The Morgan fingerprint density at radius 2 is 1.93 bits per heavy atom. The van der Waals surface area contributed by atoms with Crippen molar-refractivity contribution in [2.24, 2.45) is 5.73 Å². The molecular weight excluding hydrogens is 392 g/mol. The Hall–Kier alpha value is -3.03. The van der Waals surface area contributed by atoms with Crippen molar-refractivity contribution >= 4 is 17.6 Å². The summed E-state index contributed by atoms with van der Waals surface area (Å²) in [5.74, 6) is 0.760. The number of primary amides is 1. The van der Waals surface area contributed by atoms with Crippen LogP contribution in [0.2, 0.25) is 5.02 Å². The number of nitrogens with two attached hydrogens (primary N) is 1. The number of nitrogens with zero attached hydrogens (tertiary/aromatic N) is 3. The second-order valence-corrected chi connectivity index (χ2v) is 7.41. The highest BCUT2D eigenvalue weighted by molar-refractivity contribution is 6.30. The van der Waals surface area contributed by atoms with Gasteiger partial charge in [-0.2, -0.15) is 5.10 Å². The second-order valence-electron chi connectivity index (χ2n) is 6.97. The van der Waals surface area contributed by atoms with Crippen LogP contribution in [-0.4, -0.2) is 39.2 Å². The number of carbonyl (C=O) groups excluding carboxylic acids is 1. The lowest BCUT2D eigenvalue weighted by molar-refractivity contribution is -0.0781. The third-order valence-corrected chi connectivity index (χ3v) is 5.48. The van der Waals surface area contributed by atoms with Gasteiger partial charge in [0.1, 0.15) is 5.75 Å². The van der Waals surface area contributed by atoms with Crippen LogP contribution in [0.1, 0.15) is 17.7 Å². The Kier molecular flexibility index (Phi) is 5.17. The van der Waals surface area contributed by atoms with Gasteiger partial charge < -0.3 is 10.5 Å². The van der Waals surface area contributed by atoms with Crippen molar-refractivity contribution in [1.29, 1.82) is 0 Å². The van der Waals surface area contributed by atoms with E-state index in [0.717, 1.165) is 34.0 Å². The van der Waals surface area contributed by atoms with E-state index >= 15 is 0 Å². The number of methoxy groups -OCH3 is 1. The van der Waals surface area contributed by atoms with Crippen molar-refractivity contribution in [3.8, 4) is 22.7 Å². The standard InChI is InChI=1S/C21H21ClN4O3/c1-29-17-9-6-15(7-10-17)25-20(13-2-4-14(22)5-3-13)18-12-16(26(28)21(23)27)8-11-19(18)24-25/h2-7,9-10,16,28H,8,11-12H2,1H3,(H2,23,27). The third kappa shape index (κ3) is 3.66. The highest BCUT2D eigenvalue weighted by atomic mass is 35.5. The Bertz CT molecular complexity index is 1030. The van der Waals surface area contributed by atoms with Crippen molar-refractivity contribution in [2.45, 2.75) is 25.3 Å². The second kappa shape index (κ2) is 7.77. The van der Waals surface area contributed by atoms with Crippen LogP contribution in [0.15, 0.2) is 48.5 Å². The first-order valence-electron chi connectivity index (χ1n) is 9.26. The zero-order valence-corrected chi connectivity index (χ0v) is 16.6. The molecule has 1 aliphatic carbocycles. The minimum atomic E-state index is -0.853. The number of aromatic nitrogens is 2. The molecule has 1 unspecified atom stereocenters. The molecule has 0 fully saturated rings. The summed E-state index contributed by atoms with van der Waals surface area (Å²) in [4.78, 5) is 11.4. The van der Waals surface area contributed by atoms with Crippen LogP contribution < -0.4 is 10.5 Å². The maximum absolute atomic E-state index is 11.4. The Morgan fingerprint density at radius 1 is 1.24 bits per heavy atom. The highest BCUT2D eigenvalue weighted by Crippen LogP contribution is 2.35. The monoisotopic (exact) mass is 412 g/mol. The fourth-order valence-corrected chi connectivity index (χ4v) is 3.88. The number of rotatable bonds is 4. The van der Waals surface area contributed by atoms with E-state index in [1.54, 1.807) is 7.11 Å². The molecule has 4 rings (SSSR count). The summed E-state index contributed by atoms with van der Waals surface area (Å²) >= 11 is 6.08. The van der Waals surface area contributed by atoms with Gasteiger partial charge in [0.15, 0.2) is 0 Å². The first-order valence-corrected chi connectivity index (χ1v) is 9.64. The summed E-state index contributed by atoms with van der Waals surface area (Å²) in [6.07, 6.45) is 1.68. The molecule has 3 N–H and O–H groups in total. The lowest BCUT2D eigenvalue weighted by Gasteiger charge is -2.27. The first-order chi connectivity index (χ1) is 14.0. The number of hydroxylamine groups is 2. The molecule has 0 radical (unpaired) electrons. The summed E-state index contributed by atoms with van der Waals surface area (Å²) in [7, 11) is 1.63. The van der Waals surface area contributed by atoms with Crippen LogP contribution in [0.5, 0.6) is 5.75 Å². The number of fused-ring (bicyclic) bond motifs is 1. The van der Waals surface area contributed by atoms with E-state index in [1.165, 1.54) is 0 Å². The summed E-state index contributed by atoms with van der Waals surface area (Å²) in [6, 6.07) is 13.9. The van der Waals surface area contributed by atoms with Crippen molar-refractivity contribution in [1.82, 2.24) is 14.8 Å². The van der Waals surface area contributed by atoms with Gasteiger partial charge >= 0.3 is 6.03 Å². The summed E-state index contributed by atoms with van der Waals surface area (Å²) in [6.45, 7) is 0. The third-order valence-electron chi connectivity index (χ3n) is 5.23.